The highest BCUT2D eigenvalue weighted by Crippen LogP contribution is 2.32. The van der Waals surface area contributed by atoms with Crippen molar-refractivity contribution in [3.05, 3.63) is 59.1 Å². The smallest absolute Gasteiger partial charge is 0.223 e. The molecule has 0 saturated heterocycles. The van der Waals surface area contributed by atoms with Crippen molar-refractivity contribution in [2.24, 2.45) is 0 Å². The summed E-state index contributed by atoms with van der Waals surface area (Å²) in [6.45, 7) is 6.05. The summed E-state index contributed by atoms with van der Waals surface area (Å²) in [4.78, 5) is 26.2. The summed E-state index contributed by atoms with van der Waals surface area (Å²) in [5.74, 6) is 0.793. The van der Waals surface area contributed by atoms with Crippen molar-refractivity contribution in [1.29, 1.82) is 0 Å². The third-order valence-electron chi connectivity index (χ3n) is 5.29. The summed E-state index contributed by atoms with van der Waals surface area (Å²) in [6, 6.07) is 9.43. The van der Waals surface area contributed by atoms with Gasteiger partial charge in [0.2, 0.25) is 11.8 Å². The van der Waals surface area contributed by atoms with Crippen LogP contribution in [0.4, 0.5) is 0 Å². The fourth-order valence-electron chi connectivity index (χ4n) is 3.66. The highest BCUT2D eigenvalue weighted by Gasteiger charge is 2.28. The number of rotatable bonds is 7. The van der Waals surface area contributed by atoms with Gasteiger partial charge in [0.15, 0.2) is 5.76 Å². The monoisotopic (exact) mass is 381 g/mol. The Morgan fingerprint density at radius 2 is 2.00 bits per heavy atom. The molecular weight excluding hydrogens is 354 g/mol. The molecule has 2 heterocycles. The Kier molecular flexibility index (Phi) is 6.29. The van der Waals surface area contributed by atoms with Crippen molar-refractivity contribution in [3.8, 4) is 0 Å². The van der Waals surface area contributed by atoms with E-state index in [0.717, 1.165) is 29.7 Å². The van der Waals surface area contributed by atoms with E-state index in [2.05, 4.69) is 24.3 Å². The molecule has 0 bridgehead atoms. The molecule has 0 saturated carbocycles. The van der Waals surface area contributed by atoms with Gasteiger partial charge >= 0.3 is 0 Å². The first-order valence-corrected chi connectivity index (χ1v) is 9.81. The zero-order valence-corrected chi connectivity index (χ0v) is 16.6. The van der Waals surface area contributed by atoms with E-state index in [1.54, 1.807) is 11.1 Å². The molecule has 6 heteroatoms. The van der Waals surface area contributed by atoms with E-state index in [4.69, 9.17) is 4.52 Å². The normalized spacial score (nSPS) is 15.6. The molecular formula is C22H27N3O3. The predicted octanol–water partition coefficient (Wildman–Crippen LogP) is 4.16. The molecule has 0 aliphatic carbocycles. The first kappa shape index (κ1) is 19.9. The number of nitrogens with one attached hydrogen (secondary N) is 1. The molecule has 1 aliphatic rings. The first-order valence-electron chi connectivity index (χ1n) is 9.81. The number of hydrogen-bond donors (Lipinski definition) is 1. The second-order valence-electron chi connectivity index (χ2n) is 7.10. The molecule has 2 aromatic rings. The van der Waals surface area contributed by atoms with Crippen molar-refractivity contribution in [1.82, 2.24) is 15.4 Å². The maximum Gasteiger partial charge on any atom is 0.223 e. The SMILES string of the molecule is CCC(CC)c1cc(CNC(=O)CC2c3ccccc3C=CN2C(C)=O)on1. The summed E-state index contributed by atoms with van der Waals surface area (Å²) in [5.41, 5.74) is 2.94. The fourth-order valence-corrected chi connectivity index (χ4v) is 3.66. The number of hydrogen-bond acceptors (Lipinski definition) is 4. The van der Waals surface area contributed by atoms with Crippen molar-refractivity contribution >= 4 is 17.9 Å². The summed E-state index contributed by atoms with van der Waals surface area (Å²) >= 11 is 0. The number of carbonyl (C=O) groups excluding carboxylic acids is 2. The molecule has 0 radical (unpaired) electrons. The molecule has 148 valence electrons. The molecule has 1 atom stereocenters. The number of benzene rings is 1. The third kappa shape index (κ3) is 4.32. The second kappa shape index (κ2) is 8.87. The van der Waals surface area contributed by atoms with Gasteiger partial charge < -0.3 is 14.7 Å². The molecule has 0 spiro atoms. The van der Waals surface area contributed by atoms with Gasteiger partial charge in [-0.3, -0.25) is 9.59 Å². The van der Waals surface area contributed by atoms with Crippen molar-refractivity contribution < 1.29 is 14.1 Å². The zero-order valence-electron chi connectivity index (χ0n) is 16.6. The van der Waals surface area contributed by atoms with Gasteiger partial charge in [0.05, 0.1) is 24.7 Å². The number of amides is 2. The second-order valence-corrected chi connectivity index (χ2v) is 7.10. The Hall–Kier alpha value is -2.89. The van der Waals surface area contributed by atoms with E-state index in [0.29, 0.717) is 11.7 Å². The quantitative estimate of drug-likeness (QED) is 0.781. The largest absolute Gasteiger partial charge is 0.359 e. The van der Waals surface area contributed by atoms with Gasteiger partial charge in [-0.05, 0) is 30.0 Å². The van der Waals surface area contributed by atoms with E-state index in [9.17, 15) is 9.59 Å². The molecule has 6 nitrogen and oxygen atoms in total. The Labute approximate surface area is 165 Å². The van der Waals surface area contributed by atoms with Crippen LogP contribution in [0.5, 0.6) is 0 Å². The van der Waals surface area contributed by atoms with E-state index in [1.165, 1.54) is 6.92 Å². The first-order chi connectivity index (χ1) is 13.5. The van der Waals surface area contributed by atoms with Crippen LogP contribution in [-0.2, 0) is 16.1 Å². The highest BCUT2D eigenvalue weighted by molar-refractivity contribution is 5.81. The van der Waals surface area contributed by atoms with Gasteiger partial charge in [-0.25, -0.2) is 0 Å². The van der Waals surface area contributed by atoms with Crippen LogP contribution in [0.1, 0.15) is 74.6 Å². The van der Waals surface area contributed by atoms with Gasteiger partial charge in [0.25, 0.3) is 0 Å². The van der Waals surface area contributed by atoms with E-state index < -0.39 is 0 Å². The Morgan fingerprint density at radius 3 is 2.71 bits per heavy atom. The molecule has 28 heavy (non-hydrogen) atoms. The lowest BCUT2D eigenvalue weighted by molar-refractivity contribution is -0.130. The lowest BCUT2D eigenvalue weighted by atomic mass is 9.93. The van der Waals surface area contributed by atoms with Crippen LogP contribution in [0.2, 0.25) is 0 Å². The lowest BCUT2D eigenvalue weighted by Crippen LogP contribution is -2.35. The van der Waals surface area contributed by atoms with Gasteiger partial charge in [-0.1, -0.05) is 43.3 Å². The molecule has 1 aliphatic heterocycles. The zero-order chi connectivity index (χ0) is 20.1. The molecule has 1 N–H and O–H groups in total. The minimum absolute atomic E-state index is 0.0893. The molecule has 1 aromatic heterocycles. The number of nitrogens with zero attached hydrogens (tertiary/aromatic N) is 2. The average Bonchev–Trinajstić information content (AvgIpc) is 3.16. The summed E-state index contributed by atoms with van der Waals surface area (Å²) in [7, 11) is 0. The molecule has 3 rings (SSSR count). The van der Waals surface area contributed by atoms with Crippen molar-refractivity contribution in [2.45, 2.75) is 58.5 Å². The van der Waals surface area contributed by atoms with Crippen molar-refractivity contribution in [2.75, 3.05) is 0 Å². The highest BCUT2D eigenvalue weighted by atomic mass is 16.5. The standard InChI is InChI=1S/C22H27N3O3/c1-4-16(5-2)20-12-18(28-24-20)14-23-22(27)13-21-19-9-7-6-8-17(19)10-11-25(21)15(3)26/h6-12,16,21H,4-5,13-14H2,1-3H3,(H,23,27). The number of aromatic nitrogens is 1. The summed E-state index contributed by atoms with van der Waals surface area (Å²) in [5, 5.41) is 7.02. The average molecular weight is 381 g/mol. The van der Waals surface area contributed by atoms with Crippen LogP contribution < -0.4 is 5.32 Å². The van der Waals surface area contributed by atoms with Gasteiger partial charge in [-0.2, -0.15) is 0 Å². The number of carbonyl (C=O) groups is 2. The van der Waals surface area contributed by atoms with Crippen LogP contribution in [0.3, 0.4) is 0 Å². The number of fused-ring (bicyclic) bond motifs is 1. The minimum Gasteiger partial charge on any atom is -0.359 e. The topological polar surface area (TPSA) is 75.4 Å². The molecule has 0 fully saturated rings. The third-order valence-corrected chi connectivity index (χ3v) is 5.29. The van der Waals surface area contributed by atoms with Gasteiger partial charge in [0.1, 0.15) is 0 Å². The Balaban J connectivity index is 1.65. The lowest BCUT2D eigenvalue weighted by Gasteiger charge is -2.32. The van der Waals surface area contributed by atoms with E-state index in [-0.39, 0.29) is 30.8 Å². The predicted molar refractivity (Wildman–Crippen MR) is 107 cm³/mol. The van der Waals surface area contributed by atoms with Crippen LogP contribution >= 0.6 is 0 Å². The van der Waals surface area contributed by atoms with Crippen LogP contribution in [0.15, 0.2) is 41.1 Å². The Bertz CT molecular complexity index is 867. The summed E-state index contributed by atoms with van der Waals surface area (Å²) < 4.78 is 5.36. The van der Waals surface area contributed by atoms with Gasteiger partial charge in [0, 0.05) is 25.1 Å². The van der Waals surface area contributed by atoms with E-state index in [1.807, 2.05) is 36.4 Å². The maximum atomic E-state index is 12.6. The molecule has 1 unspecified atom stereocenters. The van der Waals surface area contributed by atoms with Crippen LogP contribution in [0.25, 0.3) is 6.08 Å². The molecule has 2 amide bonds. The molecule has 1 aromatic carbocycles. The maximum absolute atomic E-state index is 12.6. The van der Waals surface area contributed by atoms with E-state index >= 15 is 0 Å². The Morgan fingerprint density at radius 1 is 1.25 bits per heavy atom. The van der Waals surface area contributed by atoms with Crippen molar-refractivity contribution in [3.63, 3.8) is 0 Å². The fraction of sp³-hybridized carbons (Fsp3) is 0.409. The summed E-state index contributed by atoms with van der Waals surface area (Å²) in [6.07, 6.45) is 5.85. The van der Waals surface area contributed by atoms with Crippen LogP contribution in [-0.4, -0.2) is 21.9 Å². The minimum atomic E-state index is -0.312. The van der Waals surface area contributed by atoms with Gasteiger partial charge in [-0.15, -0.1) is 0 Å². The van der Waals surface area contributed by atoms with Crippen LogP contribution in [0, 0.1) is 0 Å².